The molecule has 0 bridgehead atoms. The van der Waals surface area contributed by atoms with Crippen LogP contribution in [0, 0.1) is 0 Å². The first-order valence-corrected chi connectivity index (χ1v) is 10.5. The van der Waals surface area contributed by atoms with E-state index in [0.717, 1.165) is 51.4 Å². The first-order chi connectivity index (χ1) is 14.4. The van der Waals surface area contributed by atoms with Crippen LogP contribution in [-0.2, 0) is 0 Å². The maximum absolute atomic E-state index is 12.1. The van der Waals surface area contributed by atoms with E-state index in [2.05, 4.69) is 0 Å². The summed E-state index contributed by atoms with van der Waals surface area (Å²) in [6.45, 7) is 0. The molecule has 0 saturated carbocycles. The van der Waals surface area contributed by atoms with Crippen molar-refractivity contribution >= 4 is 11.6 Å². The van der Waals surface area contributed by atoms with E-state index in [1.54, 1.807) is 0 Å². The van der Waals surface area contributed by atoms with E-state index in [1.165, 1.54) is 36.4 Å². The second-order valence-electron chi connectivity index (χ2n) is 7.58. The highest BCUT2D eigenvalue weighted by Crippen LogP contribution is 2.25. The standard InChI is InChI=1S/C24H30O6/c25-17-11-13-19(23(29)15-17)21(27)9-7-5-3-1-2-4-6-8-10-22(28)20-14-12-18(26)16-24(20)30/h11-16,25-26,29-30H,1-10H2. The maximum Gasteiger partial charge on any atom is 0.166 e. The van der Waals surface area contributed by atoms with Gasteiger partial charge in [0, 0.05) is 25.0 Å². The summed E-state index contributed by atoms with van der Waals surface area (Å²) in [5, 5.41) is 37.9. The van der Waals surface area contributed by atoms with E-state index in [4.69, 9.17) is 0 Å². The summed E-state index contributed by atoms with van der Waals surface area (Å²) >= 11 is 0. The molecule has 30 heavy (non-hydrogen) atoms. The number of hydrogen-bond donors (Lipinski definition) is 4. The Morgan fingerprint density at radius 2 is 0.867 bits per heavy atom. The fraction of sp³-hybridized carbons (Fsp3) is 0.417. The van der Waals surface area contributed by atoms with Crippen molar-refractivity contribution in [1.82, 2.24) is 0 Å². The molecule has 0 spiro atoms. The van der Waals surface area contributed by atoms with Crippen LogP contribution in [0.2, 0.25) is 0 Å². The number of aromatic hydroxyl groups is 4. The van der Waals surface area contributed by atoms with E-state index >= 15 is 0 Å². The van der Waals surface area contributed by atoms with Gasteiger partial charge in [0.25, 0.3) is 0 Å². The van der Waals surface area contributed by atoms with Gasteiger partial charge in [-0.2, -0.15) is 0 Å². The molecule has 0 unspecified atom stereocenters. The number of ketones is 2. The molecule has 0 amide bonds. The third-order valence-electron chi connectivity index (χ3n) is 5.12. The van der Waals surface area contributed by atoms with Crippen molar-refractivity contribution in [1.29, 1.82) is 0 Å². The van der Waals surface area contributed by atoms with Crippen LogP contribution in [-0.4, -0.2) is 32.0 Å². The third kappa shape index (κ3) is 7.43. The summed E-state index contributed by atoms with van der Waals surface area (Å²) in [7, 11) is 0. The van der Waals surface area contributed by atoms with Gasteiger partial charge in [-0.15, -0.1) is 0 Å². The van der Waals surface area contributed by atoms with E-state index in [0.29, 0.717) is 12.8 Å². The Bertz CT molecular complexity index is 787. The lowest BCUT2D eigenvalue weighted by Gasteiger charge is -2.05. The van der Waals surface area contributed by atoms with Crippen molar-refractivity contribution in [3.63, 3.8) is 0 Å². The van der Waals surface area contributed by atoms with Gasteiger partial charge >= 0.3 is 0 Å². The van der Waals surface area contributed by atoms with Crippen LogP contribution in [0.4, 0.5) is 0 Å². The van der Waals surface area contributed by atoms with Crippen molar-refractivity contribution in [2.24, 2.45) is 0 Å². The van der Waals surface area contributed by atoms with Gasteiger partial charge < -0.3 is 20.4 Å². The molecule has 2 aromatic carbocycles. The van der Waals surface area contributed by atoms with Crippen molar-refractivity contribution in [2.45, 2.75) is 64.2 Å². The van der Waals surface area contributed by atoms with Gasteiger partial charge in [0.15, 0.2) is 11.6 Å². The summed E-state index contributed by atoms with van der Waals surface area (Å²) in [5.74, 6) is -0.717. The van der Waals surface area contributed by atoms with Crippen molar-refractivity contribution in [2.75, 3.05) is 0 Å². The number of carbonyl (C=O) groups excluding carboxylic acids is 2. The van der Waals surface area contributed by atoms with Crippen molar-refractivity contribution in [3.05, 3.63) is 47.5 Å². The number of carbonyl (C=O) groups is 2. The number of Topliss-reactive ketones (excluding diaryl/α,β-unsaturated/α-hetero) is 2. The summed E-state index contributed by atoms with van der Waals surface area (Å²) < 4.78 is 0. The molecule has 6 heteroatoms. The van der Waals surface area contributed by atoms with Gasteiger partial charge in [-0.05, 0) is 37.1 Å². The molecule has 162 valence electrons. The molecule has 0 aromatic heterocycles. The molecule has 2 rings (SSSR count). The molecule has 0 radical (unpaired) electrons. The number of benzene rings is 2. The Labute approximate surface area is 176 Å². The maximum atomic E-state index is 12.1. The minimum Gasteiger partial charge on any atom is -0.508 e. The average molecular weight is 414 g/mol. The third-order valence-corrected chi connectivity index (χ3v) is 5.12. The summed E-state index contributed by atoms with van der Waals surface area (Å²) in [4.78, 5) is 24.2. The van der Waals surface area contributed by atoms with Crippen molar-refractivity contribution in [3.8, 4) is 23.0 Å². The number of phenolic OH excluding ortho intramolecular Hbond substituents is 4. The number of unbranched alkanes of at least 4 members (excludes halogenated alkanes) is 7. The highest BCUT2D eigenvalue weighted by atomic mass is 16.3. The predicted octanol–water partition coefficient (Wildman–Crippen LogP) is 5.48. The Morgan fingerprint density at radius 3 is 1.20 bits per heavy atom. The second kappa shape index (κ2) is 11.9. The summed E-state index contributed by atoms with van der Waals surface area (Å²) in [5.41, 5.74) is 0.505. The molecule has 0 saturated heterocycles. The molecule has 0 atom stereocenters. The molecule has 0 heterocycles. The topological polar surface area (TPSA) is 115 Å². The molecule has 0 aliphatic carbocycles. The first-order valence-electron chi connectivity index (χ1n) is 10.5. The van der Waals surface area contributed by atoms with Crippen molar-refractivity contribution < 1.29 is 30.0 Å². The lowest BCUT2D eigenvalue weighted by atomic mass is 10.0. The smallest absolute Gasteiger partial charge is 0.166 e. The predicted molar refractivity (Wildman–Crippen MR) is 114 cm³/mol. The SMILES string of the molecule is O=C(CCCCCCCCCCC(=O)c1ccc(O)cc1O)c1ccc(O)cc1O. The zero-order valence-electron chi connectivity index (χ0n) is 17.1. The largest absolute Gasteiger partial charge is 0.508 e. The van der Waals surface area contributed by atoms with Crippen LogP contribution < -0.4 is 0 Å². The van der Waals surface area contributed by atoms with Crippen LogP contribution >= 0.6 is 0 Å². The number of rotatable bonds is 13. The van der Waals surface area contributed by atoms with Gasteiger partial charge in [0.1, 0.15) is 23.0 Å². The zero-order chi connectivity index (χ0) is 21.9. The van der Waals surface area contributed by atoms with Crippen LogP contribution in [0.5, 0.6) is 23.0 Å². The molecule has 2 aromatic rings. The van der Waals surface area contributed by atoms with E-state index in [-0.39, 0.29) is 45.7 Å². The molecule has 4 N–H and O–H groups in total. The van der Waals surface area contributed by atoms with Crippen LogP contribution in [0.15, 0.2) is 36.4 Å². The molecule has 6 nitrogen and oxygen atoms in total. The minimum atomic E-state index is -0.181. The molecular weight excluding hydrogens is 384 g/mol. The fourth-order valence-corrected chi connectivity index (χ4v) is 3.41. The zero-order valence-corrected chi connectivity index (χ0v) is 17.1. The Kier molecular flexibility index (Phi) is 9.19. The Hall–Kier alpha value is -3.02. The highest BCUT2D eigenvalue weighted by molar-refractivity contribution is 5.99. The normalized spacial score (nSPS) is 10.8. The molecular formula is C24H30O6. The molecule has 0 aliphatic heterocycles. The fourth-order valence-electron chi connectivity index (χ4n) is 3.41. The molecule has 0 fully saturated rings. The minimum absolute atomic E-state index is 0.0630. The lowest BCUT2D eigenvalue weighted by Crippen LogP contribution is -1.99. The van der Waals surface area contributed by atoms with E-state index < -0.39 is 0 Å². The van der Waals surface area contributed by atoms with Gasteiger partial charge in [0.2, 0.25) is 0 Å². The van der Waals surface area contributed by atoms with E-state index in [1.807, 2.05) is 0 Å². The number of phenols is 4. The Morgan fingerprint density at radius 1 is 0.533 bits per heavy atom. The average Bonchev–Trinajstić information content (AvgIpc) is 2.69. The van der Waals surface area contributed by atoms with Gasteiger partial charge in [-0.1, -0.05) is 38.5 Å². The van der Waals surface area contributed by atoms with E-state index in [9.17, 15) is 30.0 Å². The Balaban J connectivity index is 1.50. The first kappa shape index (κ1) is 23.3. The quantitative estimate of drug-likeness (QED) is 0.255. The molecule has 0 aliphatic rings. The van der Waals surface area contributed by atoms with Crippen LogP contribution in [0.25, 0.3) is 0 Å². The lowest BCUT2D eigenvalue weighted by molar-refractivity contribution is 0.0967. The van der Waals surface area contributed by atoms with Gasteiger partial charge in [-0.3, -0.25) is 9.59 Å². The van der Waals surface area contributed by atoms with Crippen LogP contribution in [0.1, 0.15) is 84.9 Å². The van der Waals surface area contributed by atoms with Gasteiger partial charge in [-0.25, -0.2) is 0 Å². The summed E-state index contributed by atoms with van der Waals surface area (Å²) in [6.07, 6.45) is 8.41. The van der Waals surface area contributed by atoms with Gasteiger partial charge in [0.05, 0.1) is 11.1 Å². The number of hydrogen-bond acceptors (Lipinski definition) is 6. The van der Waals surface area contributed by atoms with Crippen LogP contribution in [0.3, 0.4) is 0 Å². The monoisotopic (exact) mass is 414 g/mol. The highest BCUT2D eigenvalue weighted by Gasteiger charge is 2.12. The second-order valence-corrected chi connectivity index (χ2v) is 7.58. The summed E-state index contributed by atoms with van der Waals surface area (Å²) in [6, 6.07) is 8.03.